The standard InChI is InChI=1S/C20H24N2O4.C2HF3O2/c1-15-17(5-10-25-15)19(23)22-9-4-18-20(13-22,6-11-26-18)14-24-12-16-2-7-21-8-3-16;3-2(4,5)1(6)7/h2-3,5,7-8,10,18H,4,6,9,11-14H2,1H3;(H,6,7)/t18-,20+;/m1./s1. The zero-order valence-electron chi connectivity index (χ0n) is 18.0. The number of ether oxygens (including phenoxy) is 2. The van der Waals surface area contributed by atoms with Crippen molar-refractivity contribution in [2.75, 3.05) is 26.3 Å². The molecule has 2 aromatic rings. The van der Waals surface area contributed by atoms with Crippen LogP contribution in [0.1, 0.15) is 34.5 Å². The average molecular weight is 470 g/mol. The monoisotopic (exact) mass is 470 g/mol. The number of aryl methyl sites for hydroxylation is 1. The fourth-order valence-corrected chi connectivity index (χ4v) is 4.06. The zero-order valence-corrected chi connectivity index (χ0v) is 18.0. The second-order valence-electron chi connectivity index (χ2n) is 8.03. The molecule has 0 radical (unpaired) electrons. The molecule has 2 aliphatic heterocycles. The number of aromatic nitrogens is 1. The zero-order chi connectivity index (χ0) is 24.1. The van der Waals surface area contributed by atoms with Crippen LogP contribution in [0.3, 0.4) is 0 Å². The van der Waals surface area contributed by atoms with Gasteiger partial charge in [0.05, 0.1) is 31.1 Å². The molecule has 4 rings (SSSR count). The normalized spacial score (nSPS) is 22.3. The number of alkyl halides is 3. The molecule has 180 valence electrons. The minimum atomic E-state index is -5.08. The quantitative estimate of drug-likeness (QED) is 0.714. The second-order valence-corrected chi connectivity index (χ2v) is 8.03. The van der Waals surface area contributed by atoms with Gasteiger partial charge in [-0.3, -0.25) is 9.78 Å². The van der Waals surface area contributed by atoms with Gasteiger partial charge in [0.1, 0.15) is 5.76 Å². The number of carboxylic acids is 1. The minimum Gasteiger partial charge on any atom is -0.475 e. The number of halogens is 3. The molecule has 0 aromatic carbocycles. The summed E-state index contributed by atoms with van der Waals surface area (Å²) in [6.45, 7) is 5.07. The minimum absolute atomic E-state index is 0.0371. The van der Waals surface area contributed by atoms with Crippen LogP contribution in [0.2, 0.25) is 0 Å². The van der Waals surface area contributed by atoms with Crippen LogP contribution in [0.4, 0.5) is 13.2 Å². The third kappa shape index (κ3) is 6.11. The van der Waals surface area contributed by atoms with E-state index in [1.165, 1.54) is 0 Å². The van der Waals surface area contributed by atoms with Crippen LogP contribution in [0.5, 0.6) is 0 Å². The lowest BCUT2D eigenvalue weighted by atomic mass is 9.77. The molecule has 0 unspecified atom stereocenters. The van der Waals surface area contributed by atoms with Gasteiger partial charge in [0.2, 0.25) is 0 Å². The number of rotatable bonds is 5. The number of furan rings is 1. The summed E-state index contributed by atoms with van der Waals surface area (Å²) in [6.07, 6.45) is 1.96. The van der Waals surface area contributed by atoms with E-state index in [1.807, 2.05) is 24.0 Å². The summed E-state index contributed by atoms with van der Waals surface area (Å²) in [5.74, 6) is -2.05. The Morgan fingerprint density at radius 1 is 1.30 bits per heavy atom. The molecule has 4 heterocycles. The summed E-state index contributed by atoms with van der Waals surface area (Å²) in [4.78, 5) is 27.7. The lowest BCUT2D eigenvalue weighted by Gasteiger charge is -2.43. The SMILES string of the molecule is Cc1occc1C(=O)N1CC[C@H]2OCC[C@@]2(COCc2ccncc2)C1.O=C(O)C(F)(F)F. The van der Waals surface area contributed by atoms with E-state index in [2.05, 4.69) is 4.98 Å². The number of pyridine rings is 1. The van der Waals surface area contributed by atoms with E-state index in [-0.39, 0.29) is 17.4 Å². The van der Waals surface area contributed by atoms with Crippen LogP contribution < -0.4 is 0 Å². The van der Waals surface area contributed by atoms with Gasteiger partial charge in [-0.15, -0.1) is 0 Å². The number of fused-ring (bicyclic) bond motifs is 1. The first-order valence-corrected chi connectivity index (χ1v) is 10.3. The van der Waals surface area contributed by atoms with Crippen molar-refractivity contribution in [3.63, 3.8) is 0 Å². The largest absolute Gasteiger partial charge is 0.490 e. The predicted molar refractivity (Wildman–Crippen MR) is 108 cm³/mol. The van der Waals surface area contributed by atoms with Crippen molar-refractivity contribution in [2.24, 2.45) is 5.41 Å². The molecule has 2 aromatic heterocycles. The Hall–Kier alpha value is -2.92. The maximum Gasteiger partial charge on any atom is 0.490 e. The van der Waals surface area contributed by atoms with Crippen molar-refractivity contribution in [3.05, 3.63) is 53.7 Å². The smallest absolute Gasteiger partial charge is 0.475 e. The Bertz CT molecular complexity index is 949. The van der Waals surface area contributed by atoms with Gasteiger partial charge < -0.3 is 23.9 Å². The van der Waals surface area contributed by atoms with Crippen LogP contribution in [-0.2, 0) is 20.9 Å². The molecule has 11 heteroatoms. The van der Waals surface area contributed by atoms with Gasteiger partial charge >= 0.3 is 12.1 Å². The van der Waals surface area contributed by atoms with E-state index in [0.717, 1.165) is 25.0 Å². The van der Waals surface area contributed by atoms with E-state index < -0.39 is 12.1 Å². The molecule has 2 fully saturated rings. The van der Waals surface area contributed by atoms with Gasteiger partial charge in [-0.2, -0.15) is 13.2 Å². The fourth-order valence-electron chi connectivity index (χ4n) is 4.06. The van der Waals surface area contributed by atoms with Gasteiger partial charge in [0.25, 0.3) is 5.91 Å². The van der Waals surface area contributed by atoms with E-state index >= 15 is 0 Å². The van der Waals surface area contributed by atoms with Gasteiger partial charge in [-0.1, -0.05) is 0 Å². The summed E-state index contributed by atoms with van der Waals surface area (Å²) < 4.78 is 49.0. The molecule has 2 aliphatic rings. The third-order valence-corrected chi connectivity index (χ3v) is 5.80. The van der Waals surface area contributed by atoms with Crippen LogP contribution in [0.15, 0.2) is 41.3 Å². The third-order valence-electron chi connectivity index (χ3n) is 5.80. The lowest BCUT2D eigenvalue weighted by molar-refractivity contribution is -0.192. The molecule has 1 N–H and O–H groups in total. The van der Waals surface area contributed by atoms with Crippen molar-refractivity contribution >= 4 is 11.9 Å². The van der Waals surface area contributed by atoms with Crippen molar-refractivity contribution in [3.8, 4) is 0 Å². The number of hydrogen-bond donors (Lipinski definition) is 1. The summed E-state index contributed by atoms with van der Waals surface area (Å²) >= 11 is 0. The van der Waals surface area contributed by atoms with Gasteiger partial charge in [0, 0.05) is 37.5 Å². The molecular formula is C22H25F3N2O6. The first kappa shape index (κ1) is 24.7. The Labute approximate surface area is 188 Å². The lowest BCUT2D eigenvalue weighted by Crippen LogP contribution is -2.53. The van der Waals surface area contributed by atoms with Crippen molar-refractivity contribution < 1.29 is 41.8 Å². The Morgan fingerprint density at radius 3 is 2.61 bits per heavy atom. The van der Waals surface area contributed by atoms with Gasteiger partial charge in [-0.25, -0.2) is 4.79 Å². The number of piperidine rings is 1. The molecule has 8 nitrogen and oxygen atoms in total. The number of carbonyl (C=O) groups excluding carboxylic acids is 1. The maximum atomic E-state index is 12.9. The maximum absolute atomic E-state index is 12.9. The Morgan fingerprint density at radius 2 is 2.00 bits per heavy atom. The second kappa shape index (κ2) is 10.3. The molecule has 33 heavy (non-hydrogen) atoms. The molecule has 0 spiro atoms. The number of likely N-dealkylation sites (tertiary alicyclic amines) is 1. The summed E-state index contributed by atoms with van der Waals surface area (Å²) in [7, 11) is 0. The molecule has 1 amide bonds. The number of hydrogen-bond acceptors (Lipinski definition) is 6. The van der Waals surface area contributed by atoms with Crippen LogP contribution >= 0.6 is 0 Å². The van der Waals surface area contributed by atoms with Crippen molar-refractivity contribution in [1.29, 1.82) is 0 Å². The molecular weight excluding hydrogens is 445 g/mol. The first-order chi connectivity index (χ1) is 15.6. The Kier molecular flexibility index (Phi) is 7.75. The highest BCUT2D eigenvalue weighted by atomic mass is 19.4. The topological polar surface area (TPSA) is 102 Å². The number of amides is 1. The number of nitrogens with zero attached hydrogens (tertiary/aromatic N) is 2. The van der Waals surface area contributed by atoms with Crippen LogP contribution in [0.25, 0.3) is 0 Å². The molecule has 2 saturated heterocycles. The molecule has 2 atom stereocenters. The van der Waals surface area contributed by atoms with E-state index in [4.69, 9.17) is 23.8 Å². The highest BCUT2D eigenvalue weighted by molar-refractivity contribution is 5.95. The number of carboxylic acid groups (broad SMARTS) is 1. The van der Waals surface area contributed by atoms with Crippen molar-refractivity contribution in [2.45, 2.75) is 38.7 Å². The molecule has 0 bridgehead atoms. The number of carbonyl (C=O) groups is 2. The number of aliphatic carboxylic acids is 1. The van der Waals surface area contributed by atoms with Gasteiger partial charge in [0.15, 0.2) is 0 Å². The Balaban J connectivity index is 0.000000383. The highest BCUT2D eigenvalue weighted by Crippen LogP contribution is 2.41. The predicted octanol–water partition coefficient (Wildman–Crippen LogP) is 3.45. The van der Waals surface area contributed by atoms with Crippen LogP contribution in [-0.4, -0.2) is 65.5 Å². The molecule has 0 saturated carbocycles. The highest BCUT2D eigenvalue weighted by Gasteiger charge is 2.49. The first-order valence-electron chi connectivity index (χ1n) is 10.3. The van der Waals surface area contributed by atoms with Crippen LogP contribution in [0, 0.1) is 12.3 Å². The van der Waals surface area contributed by atoms with E-state index in [1.54, 1.807) is 24.7 Å². The van der Waals surface area contributed by atoms with E-state index in [9.17, 15) is 18.0 Å². The molecule has 0 aliphatic carbocycles. The fraction of sp³-hybridized carbons (Fsp3) is 0.500. The summed E-state index contributed by atoms with van der Waals surface area (Å²) in [5, 5.41) is 7.12. The summed E-state index contributed by atoms with van der Waals surface area (Å²) in [6, 6.07) is 5.67. The van der Waals surface area contributed by atoms with Crippen molar-refractivity contribution in [1.82, 2.24) is 9.88 Å². The average Bonchev–Trinajstić information content (AvgIpc) is 3.39. The summed E-state index contributed by atoms with van der Waals surface area (Å²) in [5.41, 5.74) is 1.62. The van der Waals surface area contributed by atoms with Gasteiger partial charge in [-0.05, 0) is 43.5 Å². The van der Waals surface area contributed by atoms with E-state index in [0.29, 0.717) is 37.6 Å².